The Morgan fingerprint density at radius 1 is 1.10 bits per heavy atom. The van der Waals surface area contributed by atoms with Crippen LogP contribution in [-0.4, -0.2) is 47.9 Å². The van der Waals surface area contributed by atoms with Gasteiger partial charge in [-0.05, 0) is 37.3 Å². The van der Waals surface area contributed by atoms with Crippen molar-refractivity contribution in [2.45, 2.75) is 75.3 Å². The fourth-order valence-corrected chi connectivity index (χ4v) is 5.81. The zero-order valence-corrected chi connectivity index (χ0v) is 17.1. The molecule has 0 radical (unpaired) electrons. The molecule has 2 aliphatic carbocycles. The first-order valence-corrected chi connectivity index (χ1v) is 10.9. The predicted molar refractivity (Wildman–Crippen MR) is 108 cm³/mol. The lowest BCUT2D eigenvalue weighted by Crippen LogP contribution is -2.65. The highest BCUT2D eigenvalue weighted by Crippen LogP contribution is 2.51. The Morgan fingerprint density at radius 2 is 1.79 bits per heavy atom. The van der Waals surface area contributed by atoms with Crippen LogP contribution in [0.1, 0.15) is 79.6 Å². The molecule has 0 aromatic heterocycles. The van der Waals surface area contributed by atoms with Gasteiger partial charge in [-0.2, -0.15) is 0 Å². The van der Waals surface area contributed by atoms with E-state index in [-0.39, 0.29) is 24.4 Å². The number of fused-ring (bicyclic) bond motifs is 1. The van der Waals surface area contributed by atoms with Crippen LogP contribution in [0.25, 0.3) is 0 Å². The molecule has 2 saturated carbocycles. The number of rotatable bonds is 4. The van der Waals surface area contributed by atoms with Crippen molar-refractivity contribution >= 4 is 17.8 Å². The molecule has 1 heterocycles. The summed E-state index contributed by atoms with van der Waals surface area (Å²) in [6, 6.07) is 7.72. The van der Waals surface area contributed by atoms with E-state index in [2.05, 4.69) is 10.2 Å². The second kappa shape index (κ2) is 8.17. The average Bonchev–Trinajstić information content (AvgIpc) is 3.27. The van der Waals surface area contributed by atoms with Gasteiger partial charge in [-0.3, -0.25) is 14.4 Å². The molecule has 0 saturated heterocycles. The van der Waals surface area contributed by atoms with Crippen molar-refractivity contribution in [3.05, 3.63) is 35.4 Å². The molecule has 1 aliphatic heterocycles. The van der Waals surface area contributed by atoms with E-state index in [0.29, 0.717) is 5.56 Å². The third-order valence-electron chi connectivity index (χ3n) is 7.04. The molecule has 29 heavy (non-hydrogen) atoms. The molecule has 6 heteroatoms. The molecule has 3 aliphatic rings. The lowest BCUT2D eigenvalue weighted by atomic mass is 9.64. The van der Waals surface area contributed by atoms with Crippen LogP contribution < -0.4 is 5.32 Å². The van der Waals surface area contributed by atoms with Crippen molar-refractivity contribution in [2.75, 3.05) is 13.7 Å². The number of carbonyl (C=O) groups is 3. The molecule has 1 aromatic rings. The lowest BCUT2D eigenvalue weighted by molar-refractivity contribution is -0.142. The molecule has 1 spiro atoms. The third kappa shape index (κ3) is 3.43. The smallest absolute Gasteiger partial charge is 0.325 e. The quantitative estimate of drug-likeness (QED) is 0.791. The summed E-state index contributed by atoms with van der Waals surface area (Å²) in [5, 5.41) is 2.79. The number of nitrogens with one attached hydrogen (secondary N) is 1. The van der Waals surface area contributed by atoms with Crippen LogP contribution in [0.5, 0.6) is 0 Å². The van der Waals surface area contributed by atoms with Crippen molar-refractivity contribution in [1.29, 1.82) is 0 Å². The third-order valence-corrected chi connectivity index (χ3v) is 7.04. The SMILES string of the molecule is COC(=O)CNC(=O)[C@@H]1c2ccccc2C(=O)N(C2CCCC2)C12CCCCC2. The molecular formula is C23H30N2O4. The first kappa shape index (κ1) is 19.9. The number of esters is 1. The molecule has 0 unspecified atom stereocenters. The zero-order chi connectivity index (χ0) is 20.4. The van der Waals surface area contributed by atoms with Gasteiger partial charge in [-0.1, -0.05) is 50.3 Å². The Bertz CT molecular complexity index is 794. The van der Waals surface area contributed by atoms with Gasteiger partial charge in [-0.25, -0.2) is 0 Å². The Morgan fingerprint density at radius 3 is 2.48 bits per heavy atom. The molecule has 0 bridgehead atoms. The normalized spacial score (nSPS) is 23.7. The maximum atomic E-state index is 13.7. The van der Waals surface area contributed by atoms with E-state index in [1.165, 1.54) is 7.11 Å². The van der Waals surface area contributed by atoms with Crippen LogP contribution in [-0.2, 0) is 14.3 Å². The number of amides is 2. The minimum absolute atomic E-state index is 0.0754. The summed E-state index contributed by atoms with van der Waals surface area (Å²) in [6.45, 7) is -0.151. The minimum atomic E-state index is -0.501. The highest BCUT2D eigenvalue weighted by Gasteiger charge is 2.56. The summed E-state index contributed by atoms with van der Waals surface area (Å²) >= 11 is 0. The van der Waals surface area contributed by atoms with Crippen molar-refractivity contribution in [3.63, 3.8) is 0 Å². The van der Waals surface area contributed by atoms with Gasteiger partial charge in [0.25, 0.3) is 5.91 Å². The summed E-state index contributed by atoms with van der Waals surface area (Å²) in [4.78, 5) is 40.9. The Balaban J connectivity index is 1.80. The largest absolute Gasteiger partial charge is 0.468 e. The second-order valence-corrected chi connectivity index (χ2v) is 8.59. The summed E-state index contributed by atoms with van der Waals surface area (Å²) in [5.41, 5.74) is 0.934. The topological polar surface area (TPSA) is 75.7 Å². The van der Waals surface area contributed by atoms with Crippen LogP contribution in [0.2, 0.25) is 0 Å². The number of hydrogen-bond donors (Lipinski definition) is 1. The molecule has 1 N–H and O–H groups in total. The number of methoxy groups -OCH3 is 1. The Hall–Kier alpha value is -2.37. The number of hydrogen-bond acceptors (Lipinski definition) is 4. The Kier molecular flexibility index (Phi) is 5.61. The van der Waals surface area contributed by atoms with Crippen LogP contribution in [0.3, 0.4) is 0 Å². The van der Waals surface area contributed by atoms with Crippen molar-refractivity contribution < 1.29 is 19.1 Å². The van der Waals surface area contributed by atoms with E-state index < -0.39 is 17.4 Å². The molecule has 2 amide bonds. The van der Waals surface area contributed by atoms with Gasteiger partial charge in [0.15, 0.2) is 0 Å². The summed E-state index contributed by atoms with van der Waals surface area (Å²) in [7, 11) is 1.31. The molecule has 6 nitrogen and oxygen atoms in total. The van der Waals surface area contributed by atoms with E-state index in [4.69, 9.17) is 4.74 Å². The fraction of sp³-hybridized carbons (Fsp3) is 0.609. The van der Waals surface area contributed by atoms with Gasteiger partial charge >= 0.3 is 5.97 Å². The van der Waals surface area contributed by atoms with Gasteiger partial charge < -0.3 is 15.0 Å². The summed E-state index contributed by atoms with van der Waals surface area (Å²) < 4.78 is 4.70. The highest BCUT2D eigenvalue weighted by atomic mass is 16.5. The molecule has 4 rings (SSSR count). The molecule has 2 fully saturated rings. The number of carbonyl (C=O) groups excluding carboxylic acids is 3. The van der Waals surface area contributed by atoms with Gasteiger partial charge in [0.1, 0.15) is 6.54 Å². The van der Waals surface area contributed by atoms with Gasteiger partial charge in [0.2, 0.25) is 5.91 Å². The highest BCUT2D eigenvalue weighted by molar-refractivity contribution is 6.02. The number of ether oxygens (including phenoxy) is 1. The van der Waals surface area contributed by atoms with Gasteiger partial charge in [0.05, 0.1) is 18.6 Å². The summed E-state index contributed by atoms with van der Waals surface area (Å²) in [6.07, 6.45) is 9.10. The van der Waals surface area contributed by atoms with Crippen LogP contribution in [0, 0.1) is 0 Å². The monoisotopic (exact) mass is 398 g/mol. The molecular weight excluding hydrogens is 368 g/mol. The number of benzene rings is 1. The van der Waals surface area contributed by atoms with Crippen LogP contribution in [0.4, 0.5) is 0 Å². The first-order valence-electron chi connectivity index (χ1n) is 10.9. The average molecular weight is 399 g/mol. The van der Waals surface area contributed by atoms with E-state index in [1.54, 1.807) is 0 Å². The van der Waals surface area contributed by atoms with Gasteiger partial charge in [-0.15, -0.1) is 0 Å². The van der Waals surface area contributed by atoms with E-state index in [0.717, 1.165) is 63.4 Å². The maximum absolute atomic E-state index is 13.7. The molecule has 1 atom stereocenters. The number of nitrogens with zero attached hydrogens (tertiary/aromatic N) is 1. The van der Waals surface area contributed by atoms with Gasteiger partial charge in [0, 0.05) is 11.6 Å². The summed E-state index contributed by atoms with van der Waals surface area (Å²) in [5.74, 6) is -1.03. The second-order valence-electron chi connectivity index (χ2n) is 8.59. The van der Waals surface area contributed by atoms with Crippen LogP contribution in [0.15, 0.2) is 24.3 Å². The molecule has 156 valence electrons. The fourth-order valence-electron chi connectivity index (χ4n) is 5.81. The van der Waals surface area contributed by atoms with Crippen LogP contribution >= 0.6 is 0 Å². The molecule has 1 aromatic carbocycles. The predicted octanol–water partition coefficient (Wildman–Crippen LogP) is 3.16. The van der Waals surface area contributed by atoms with Crippen molar-refractivity contribution in [3.8, 4) is 0 Å². The van der Waals surface area contributed by atoms with Crippen molar-refractivity contribution in [2.24, 2.45) is 0 Å². The van der Waals surface area contributed by atoms with E-state index in [1.807, 2.05) is 24.3 Å². The standard InChI is InChI=1S/C23H30N2O4/c1-29-19(26)15-24-21(27)20-17-11-5-6-12-18(17)22(28)25(16-9-3-4-10-16)23(20)13-7-2-8-14-23/h5-6,11-12,16,20H,2-4,7-10,13-15H2,1H3,(H,24,27)/t20-/m0/s1. The Labute approximate surface area is 172 Å². The zero-order valence-electron chi connectivity index (χ0n) is 17.1. The lowest BCUT2D eigenvalue weighted by Gasteiger charge is -2.56. The van der Waals surface area contributed by atoms with E-state index in [9.17, 15) is 14.4 Å². The first-order chi connectivity index (χ1) is 14.1. The van der Waals surface area contributed by atoms with Crippen molar-refractivity contribution in [1.82, 2.24) is 10.2 Å². The minimum Gasteiger partial charge on any atom is -0.468 e. The van der Waals surface area contributed by atoms with E-state index >= 15 is 0 Å². The maximum Gasteiger partial charge on any atom is 0.325 e.